The zero-order chi connectivity index (χ0) is 7.11. The van der Waals surface area contributed by atoms with Crippen molar-refractivity contribution in [3.05, 3.63) is 0 Å². The van der Waals surface area contributed by atoms with Gasteiger partial charge in [0.2, 0.25) is 0 Å². The molecule has 1 atom stereocenters. The van der Waals surface area contributed by atoms with Crippen LogP contribution in [0.5, 0.6) is 0 Å². The summed E-state index contributed by atoms with van der Waals surface area (Å²) in [6, 6.07) is -0.156. The minimum atomic E-state index is -0.280. The highest BCUT2D eigenvalue weighted by Crippen LogP contribution is 1.97. The monoisotopic (exact) mass is 135 g/mol. The first kappa shape index (κ1) is 8.85. The number of rotatable bonds is 5. The highest BCUT2D eigenvalue weighted by Gasteiger charge is 1.97. The molecule has 0 unspecified atom stereocenters. The average molecular weight is 135 g/mol. The topological polar surface area (TPSA) is 46.2 Å². The number of hydrogen-bond donors (Lipinski definition) is 2. The molecule has 3 heteroatoms. The van der Waals surface area contributed by atoms with Crippen LogP contribution in [0.25, 0.3) is 0 Å². The molecule has 0 fully saturated rings. The van der Waals surface area contributed by atoms with Gasteiger partial charge in [-0.3, -0.25) is 4.39 Å². The molecule has 0 spiro atoms. The smallest absolute Gasteiger partial charge is 0.0894 e. The van der Waals surface area contributed by atoms with E-state index in [-0.39, 0.29) is 19.3 Å². The Hall–Kier alpha value is -0.150. The molecule has 0 saturated carbocycles. The van der Waals surface area contributed by atoms with Gasteiger partial charge in [-0.25, -0.2) is 0 Å². The van der Waals surface area contributed by atoms with Crippen LogP contribution in [0.15, 0.2) is 0 Å². The number of nitrogens with two attached hydrogens (primary N) is 1. The number of unbranched alkanes of at least 4 members (excludes halogenated alkanes) is 1. The lowest BCUT2D eigenvalue weighted by Crippen LogP contribution is -2.23. The Balaban J connectivity index is 2.88. The summed E-state index contributed by atoms with van der Waals surface area (Å²) in [4.78, 5) is 0. The third-order valence-electron chi connectivity index (χ3n) is 1.19. The fourth-order valence-corrected chi connectivity index (χ4v) is 0.592. The molecule has 0 bridgehead atoms. The van der Waals surface area contributed by atoms with E-state index in [0.717, 1.165) is 12.8 Å². The third kappa shape index (κ3) is 5.73. The SMILES string of the molecule is N[C@@H](CO)CCCCF. The van der Waals surface area contributed by atoms with Crippen molar-refractivity contribution in [2.45, 2.75) is 25.3 Å². The van der Waals surface area contributed by atoms with Crippen molar-refractivity contribution in [1.29, 1.82) is 0 Å². The molecule has 3 N–H and O–H groups in total. The first-order chi connectivity index (χ1) is 4.31. The van der Waals surface area contributed by atoms with Crippen LogP contribution in [0, 0.1) is 0 Å². The molecule has 0 amide bonds. The number of alkyl halides is 1. The average Bonchev–Trinajstić information content (AvgIpc) is 1.89. The predicted molar refractivity (Wildman–Crippen MR) is 34.9 cm³/mol. The standard InChI is InChI=1S/C6H14FNO/c7-4-2-1-3-6(8)5-9/h6,9H,1-5,8H2/t6-/m1/s1. The van der Waals surface area contributed by atoms with Crippen molar-refractivity contribution in [1.82, 2.24) is 0 Å². The van der Waals surface area contributed by atoms with Gasteiger partial charge in [0.05, 0.1) is 13.3 Å². The molecule has 0 aromatic rings. The quantitative estimate of drug-likeness (QED) is 0.537. The third-order valence-corrected chi connectivity index (χ3v) is 1.19. The van der Waals surface area contributed by atoms with Crippen LogP contribution in [0.1, 0.15) is 19.3 Å². The minimum absolute atomic E-state index is 0.00624. The number of hydrogen-bond acceptors (Lipinski definition) is 2. The fraction of sp³-hybridized carbons (Fsp3) is 1.00. The first-order valence-corrected chi connectivity index (χ1v) is 3.23. The summed E-state index contributed by atoms with van der Waals surface area (Å²) in [5, 5.41) is 8.42. The summed E-state index contributed by atoms with van der Waals surface area (Å²) in [5.41, 5.74) is 5.34. The van der Waals surface area contributed by atoms with Crippen LogP contribution in [0.2, 0.25) is 0 Å². The van der Waals surface area contributed by atoms with Crippen LogP contribution in [0.4, 0.5) is 4.39 Å². The molecule has 0 aliphatic heterocycles. The van der Waals surface area contributed by atoms with Gasteiger partial charge < -0.3 is 10.8 Å². The van der Waals surface area contributed by atoms with Crippen molar-refractivity contribution in [2.75, 3.05) is 13.3 Å². The van der Waals surface area contributed by atoms with Crippen molar-refractivity contribution >= 4 is 0 Å². The molecule has 2 nitrogen and oxygen atoms in total. The Kier molecular flexibility index (Phi) is 5.88. The number of aliphatic hydroxyl groups excluding tert-OH is 1. The molecular formula is C6H14FNO. The largest absolute Gasteiger partial charge is 0.395 e. The van der Waals surface area contributed by atoms with Crippen molar-refractivity contribution in [3.63, 3.8) is 0 Å². The van der Waals surface area contributed by atoms with E-state index in [2.05, 4.69) is 0 Å². The van der Waals surface area contributed by atoms with Gasteiger partial charge in [-0.2, -0.15) is 0 Å². The Labute approximate surface area is 54.9 Å². The van der Waals surface area contributed by atoms with E-state index in [9.17, 15) is 4.39 Å². The summed E-state index contributed by atoms with van der Waals surface area (Å²) < 4.78 is 11.4. The van der Waals surface area contributed by atoms with Crippen LogP contribution < -0.4 is 5.73 Å². The normalized spacial score (nSPS) is 13.7. The highest BCUT2D eigenvalue weighted by atomic mass is 19.1. The van der Waals surface area contributed by atoms with Crippen LogP contribution in [0.3, 0.4) is 0 Å². The maximum atomic E-state index is 11.4. The molecule has 9 heavy (non-hydrogen) atoms. The van der Waals surface area contributed by atoms with Crippen LogP contribution in [-0.4, -0.2) is 24.4 Å². The zero-order valence-corrected chi connectivity index (χ0v) is 5.52. The molecule has 56 valence electrons. The first-order valence-electron chi connectivity index (χ1n) is 3.23. The Bertz CT molecular complexity index is 61.0. The van der Waals surface area contributed by atoms with E-state index < -0.39 is 0 Å². The van der Waals surface area contributed by atoms with Gasteiger partial charge in [0, 0.05) is 6.04 Å². The van der Waals surface area contributed by atoms with Crippen LogP contribution >= 0.6 is 0 Å². The molecular weight excluding hydrogens is 121 g/mol. The van der Waals surface area contributed by atoms with Crippen molar-refractivity contribution in [3.8, 4) is 0 Å². The van der Waals surface area contributed by atoms with Crippen LogP contribution in [-0.2, 0) is 0 Å². The molecule has 0 aromatic carbocycles. The summed E-state index contributed by atoms with van der Waals surface area (Å²) >= 11 is 0. The van der Waals surface area contributed by atoms with Gasteiger partial charge >= 0.3 is 0 Å². The van der Waals surface area contributed by atoms with Gasteiger partial charge in [0.1, 0.15) is 0 Å². The predicted octanol–water partition coefficient (Wildman–Crippen LogP) is 0.446. The Morgan fingerprint density at radius 2 is 2.11 bits per heavy atom. The molecule has 0 aliphatic carbocycles. The van der Waals surface area contributed by atoms with Gasteiger partial charge in [-0.05, 0) is 19.3 Å². The molecule has 0 heterocycles. The van der Waals surface area contributed by atoms with E-state index in [0.29, 0.717) is 6.42 Å². The summed E-state index contributed by atoms with van der Waals surface area (Å²) in [6.45, 7) is -0.273. The van der Waals surface area contributed by atoms with Gasteiger partial charge in [0.25, 0.3) is 0 Å². The van der Waals surface area contributed by atoms with Crippen molar-refractivity contribution < 1.29 is 9.50 Å². The second kappa shape index (κ2) is 5.98. The number of aliphatic hydroxyl groups is 1. The van der Waals surface area contributed by atoms with E-state index in [1.165, 1.54) is 0 Å². The molecule has 0 radical (unpaired) electrons. The Morgan fingerprint density at radius 1 is 1.44 bits per heavy atom. The van der Waals surface area contributed by atoms with E-state index in [1.807, 2.05) is 0 Å². The van der Waals surface area contributed by atoms with E-state index in [1.54, 1.807) is 0 Å². The molecule has 0 rings (SSSR count). The lowest BCUT2D eigenvalue weighted by Gasteiger charge is -2.04. The maximum Gasteiger partial charge on any atom is 0.0894 e. The van der Waals surface area contributed by atoms with E-state index in [4.69, 9.17) is 10.8 Å². The lowest BCUT2D eigenvalue weighted by atomic mass is 10.1. The second-order valence-electron chi connectivity index (χ2n) is 2.13. The minimum Gasteiger partial charge on any atom is -0.395 e. The second-order valence-corrected chi connectivity index (χ2v) is 2.13. The molecule has 0 saturated heterocycles. The number of halogens is 1. The van der Waals surface area contributed by atoms with Gasteiger partial charge in [-0.1, -0.05) is 0 Å². The van der Waals surface area contributed by atoms with Gasteiger partial charge in [0.15, 0.2) is 0 Å². The summed E-state index contributed by atoms with van der Waals surface area (Å²) in [7, 11) is 0. The van der Waals surface area contributed by atoms with Crippen molar-refractivity contribution in [2.24, 2.45) is 5.73 Å². The maximum absolute atomic E-state index is 11.4. The summed E-state index contributed by atoms with van der Waals surface area (Å²) in [6.07, 6.45) is 2.06. The van der Waals surface area contributed by atoms with E-state index >= 15 is 0 Å². The molecule has 0 aromatic heterocycles. The fourth-order valence-electron chi connectivity index (χ4n) is 0.592. The lowest BCUT2D eigenvalue weighted by molar-refractivity contribution is 0.256. The summed E-state index contributed by atoms with van der Waals surface area (Å²) in [5.74, 6) is 0. The van der Waals surface area contributed by atoms with Gasteiger partial charge in [-0.15, -0.1) is 0 Å². The zero-order valence-electron chi connectivity index (χ0n) is 5.52. The molecule has 0 aliphatic rings. The highest BCUT2D eigenvalue weighted by molar-refractivity contribution is 4.57. The Morgan fingerprint density at radius 3 is 2.56 bits per heavy atom.